The van der Waals surface area contributed by atoms with E-state index in [0.29, 0.717) is 31.0 Å². The third-order valence-corrected chi connectivity index (χ3v) is 6.64. The lowest BCUT2D eigenvalue weighted by Crippen LogP contribution is -2.42. The molecule has 1 aromatic carbocycles. The van der Waals surface area contributed by atoms with Crippen LogP contribution in [0.15, 0.2) is 30.6 Å². The van der Waals surface area contributed by atoms with Crippen molar-refractivity contribution in [2.45, 2.75) is 64.5 Å². The molecule has 0 radical (unpaired) electrons. The van der Waals surface area contributed by atoms with E-state index in [4.69, 9.17) is 14.2 Å². The summed E-state index contributed by atoms with van der Waals surface area (Å²) in [6.45, 7) is 10.00. The van der Waals surface area contributed by atoms with Gasteiger partial charge >= 0.3 is 6.01 Å². The minimum absolute atomic E-state index is 0.360. The first kappa shape index (κ1) is 24.3. The molecule has 4 rings (SSSR count). The molecule has 8 heteroatoms. The predicted octanol–water partition coefficient (Wildman–Crippen LogP) is 4.81. The molecule has 0 bridgehead atoms. The van der Waals surface area contributed by atoms with Crippen molar-refractivity contribution in [1.29, 1.82) is 0 Å². The largest absolute Gasteiger partial charge is 0.464 e. The van der Waals surface area contributed by atoms with Crippen LogP contribution in [0.5, 0.6) is 6.01 Å². The second kappa shape index (κ2) is 11.0. The fourth-order valence-electron chi connectivity index (χ4n) is 4.81. The maximum Gasteiger partial charge on any atom is 0.316 e. The van der Waals surface area contributed by atoms with Crippen molar-refractivity contribution in [3.8, 4) is 6.01 Å². The first-order valence-corrected chi connectivity index (χ1v) is 12.4. The molecular weight excluding hydrogens is 432 g/mol. The Morgan fingerprint density at radius 3 is 2.56 bits per heavy atom. The molecule has 1 saturated carbocycles. The summed E-state index contributed by atoms with van der Waals surface area (Å²) in [5.74, 6) is 0.501. The van der Waals surface area contributed by atoms with Gasteiger partial charge in [0.05, 0.1) is 36.1 Å². The lowest BCUT2D eigenvalue weighted by molar-refractivity contribution is -0.155. The van der Waals surface area contributed by atoms with Crippen molar-refractivity contribution in [3.05, 3.63) is 36.2 Å². The highest BCUT2D eigenvalue weighted by atomic mass is 16.5. The number of hydrogen-bond donors (Lipinski definition) is 1. The van der Waals surface area contributed by atoms with E-state index in [0.717, 1.165) is 74.5 Å². The van der Waals surface area contributed by atoms with Crippen LogP contribution >= 0.6 is 0 Å². The maximum atomic E-state index is 11.3. The van der Waals surface area contributed by atoms with E-state index in [9.17, 15) is 4.79 Å². The van der Waals surface area contributed by atoms with Crippen molar-refractivity contribution < 1.29 is 19.0 Å². The third kappa shape index (κ3) is 5.43. The van der Waals surface area contributed by atoms with Gasteiger partial charge in [0.25, 0.3) is 6.47 Å². The normalized spacial score (nSPS) is 17.6. The van der Waals surface area contributed by atoms with Gasteiger partial charge in [-0.15, -0.1) is 0 Å². The molecule has 0 spiro atoms. The van der Waals surface area contributed by atoms with Gasteiger partial charge in [-0.25, -0.2) is 9.97 Å². The van der Waals surface area contributed by atoms with E-state index in [2.05, 4.69) is 52.2 Å². The molecule has 1 aromatic heterocycles. The number of nitrogens with zero attached hydrogens (tertiary/aromatic N) is 3. The lowest BCUT2D eigenvalue weighted by atomic mass is 9.74. The number of carbonyl (C=O) groups is 1. The fourth-order valence-corrected chi connectivity index (χ4v) is 4.81. The van der Waals surface area contributed by atoms with Crippen molar-refractivity contribution in [2.75, 3.05) is 36.6 Å². The van der Waals surface area contributed by atoms with E-state index in [1.54, 1.807) is 12.4 Å². The molecule has 0 unspecified atom stereocenters. The summed E-state index contributed by atoms with van der Waals surface area (Å²) in [7, 11) is 0. The Kier molecular flexibility index (Phi) is 7.88. The molecule has 0 amide bonds. The Bertz CT molecular complexity index is 940. The number of benzene rings is 1. The predicted molar refractivity (Wildman–Crippen MR) is 132 cm³/mol. The summed E-state index contributed by atoms with van der Waals surface area (Å²) in [6, 6.07) is 7.17. The van der Waals surface area contributed by atoms with Gasteiger partial charge in [-0.3, -0.25) is 4.79 Å². The van der Waals surface area contributed by atoms with E-state index in [1.807, 2.05) is 6.92 Å². The zero-order valence-corrected chi connectivity index (χ0v) is 20.5. The Morgan fingerprint density at radius 2 is 1.97 bits per heavy atom. The van der Waals surface area contributed by atoms with Gasteiger partial charge < -0.3 is 24.4 Å². The van der Waals surface area contributed by atoms with Crippen LogP contribution in [0.25, 0.3) is 0 Å². The molecule has 0 atom stereocenters. The first-order chi connectivity index (χ1) is 16.5. The van der Waals surface area contributed by atoms with Crippen LogP contribution < -0.4 is 15.0 Å². The summed E-state index contributed by atoms with van der Waals surface area (Å²) in [6.07, 6.45) is 8.19. The highest BCUT2D eigenvalue weighted by molar-refractivity contribution is 5.76. The lowest BCUT2D eigenvalue weighted by Gasteiger charge is -2.42. The van der Waals surface area contributed by atoms with Crippen LogP contribution in [0.4, 0.5) is 17.1 Å². The van der Waals surface area contributed by atoms with Gasteiger partial charge in [-0.05, 0) is 62.6 Å². The Labute approximate surface area is 202 Å². The zero-order valence-electron chi connectivity index (χ0n) is 20.5. The molecule has 8 nitrogen and oxygen atoms in total. The second-order valence-electron chi connectivity index (χ2n) is 9.50. The van der Waals surface area contributed by atoms with E-state index < -0.39 is 5.60 Å². The molecule has 2 heterocycles. The first-order valence-electron chi connectivity index (χ1n) is 12.4. The Hall–Kier alpha value is -2.87. The molecule has 2 aromatic rings. The average Bonchev–Trinajstić information content (AvgIpc) is 2.82. The zero-order chi connectivity index (χ0) is 24.0. The number of hydrogen-bond acceptors (Lipinski definition) is 8. The summed E-state index contributed by atoms with van der Waals surface area (Å²) >= 11 is 0. The van der Waals surface area contributed by atoms with Crippen LogP contribution in [0.1, 0.15) is 58.4 Å². The van der Waals surface area contributed by atoms with Gasteiger partial charge in [0.15, 0.2) is 0 Å². The SMILES string of the molecule is CCOc1ncc(Nc2cc(C3(OC=O)CCC3)ccc2N(CC(C)C)C2CCOCC2)cn1. The standard InChI is InChI=1S/C26H36N4O4/c1-4-33-25-27-15-21(16-28-25)29-23-14-20(26(34-18-31)10-5-11-26)6-7-24(23)30(17-19(2)3)22-8-12-32-13-9-22/h6-7,14-16,18-19,22,29H,4-5,8-13,17H2,1-3H3. The minimum atomic E-state index is -0.534. The summed E-state index contributed by atoms with van der Waals surface area (Å²) < 4.78 is 16.6. The van der Waals surface area contributed by atoms with Gasteiger partial charge in [-0.2, -0.15) is 0 Å². The summed E-state index contributed by atoms with van der Waals surface area (Å²) in [4.78, 5) is 22.4. The van der Waals surface area contributed by atoms with E-state index in [1.165, 1.54) is 0 Å². The molecule has 34 heavy (non-hydrogen) atoms. The quantitative estimate of drug-likeness (QED) is 0.470. The molecule has 2 aliphatic rings. The number of ether oxygens (including phenoxy) is 3. The van der Waals surface area contributed by atoms with Gasteiger partial charge in [0.2, 0.25) is 0 Å². The summed E-state index contributed by atoms with van der Waals surface area (Å²) in [5, 5.41) is 3.54. The number of nitrogens with one attached hydrogen (secondary N) is 1. The van der Waals surface area contributed by atoms with Crippen LogP contribution in [-0.2, 0) is 19.9 Å². The van der Waals surface area contributed by atoms with Gasteiger partial charge in [0.1, 0.15) is 5.60 Å². The van der Waals surface area contributed by atoms with Crippen molar-refractivity contribution >= 4 is 23.5 Å². The number of aromatic nitrogens is 2. The van der Waals surface area contributed by atoms with Crippen molar-refractivity contribution in [1.82, 2.24) is 9.97 Å². The van der Waals surface area contributed by atoms with Crippen LogP contribution in [0, 0.1) is 5.92 Å². The molecule has 1 aliphatic heterocycles. The smallest absolute Gasteiger partial charge is 0.316 e. The Balaban J connectivity index is 1.72. The van der Waals surface area contributed by atoms with Crippen LogP contribution in [0.3, 0.4) is 0 Å². The molecule has 1 N–H and O–H groups in total. The van der Waals surface area contributed by atoms with Gasteiger partial charge in [-0.1, -0.05) is 19.9 Å². The Morgan fingerprint density at radius 1 is 1.24 bits per heavy atom. The van der Waals surface area contributed by atoms with Crippen LogP contribution in [-0.4, -0.2) is 48.8 Å². The third-order valence-electron chi connectivity index (χ3n) is 6.64. The molecule has 184 valence electrons. The van der Waals surface area contributed by atoms with Crippen molar-refractivity contribution in [3.63, 3.8) is 0 Å². The molecular formula is C26H36N4O4. The molecule has 1 saturated heterocycles. The summed E-state index contributed by atoms with van der Waals surface area (Å²) in [5.41, 5.74) is 3.34. The van der Waals surface area contributed by atoms with Gasteiger partial charge in [0, 0.05) is 25.8 Å². The monoisotopic (exact) mass is 468 g/mol. The molecule has 1 aliphatic carbocycles. The van der Waals surface area contributed by atoms with Crippen LogP contribution in [0.2, 0.25) is 0 Å². The highest BCUT2D eigenvalue weighted by Gasteiger charge is 2.41. The van der Waals surface area contributed by atoms with E-state index >= 15 is 0 Å². The number of rotatable bonds is 11. The maximum absolute atomic E-state index is 11.3. The van der Waals surface area contributed by atoms with Crippen molar-refractivity contribution in [2.24, 2.45) is 5.92 Å². The average molecular weight is 469 g/mol. The number of carbonyl (C=O) groups excluding carboxylic acids is 1. The second-order valence-corrected chi connectivity index (χ2v) is 9.50. The minimum Gasteiger partial charge on any atom is -0.464 e. The molecule has 2 fully saturated rings. The van der Waals surface area contributed by atoms with E-state index in [-0.39, 0.29) is 0 Å². The number of anilines is 3. The topological polar surface area (TPSA) is 85.8 Å². The highest BCUT2D eigenvalue weighted by Crippen LogP contribution is 2.46. The fraction of sp³-hybridized carbons (Fsp3) is 0.577.